The fourth-order valence-electron chi connectivity index (χ4n) is 2.11. The summed E-state index contributed by atoms with van der Waals surface area (Å²) in [6, 6.07) is 0.352. The van der Waals surface area contributed by atoms with Gasteiger partial charge in [-0.15, -0.1) is 0 Å². The Balaban J connectivity index is 2.19. The minimum Gasteiger partial charge on any atom is -0.336 e. The number of aromatic nitrogens is 2. The van der Waals surface area contributed by atoms with Gasteiger partial charge in [-0.3, -0.25) is 0 Å². The summed E-state index contributed by atoms with van der Waals surface area (Å²) in [7, 11) is 0. The second-order valence-corrected chi connectivity index (χ2v) is 4.81. The normalized spacial score (nSPS) is 20.8. The van der Waals surface area contributed by atoms with Gasteiger partial charge in [0.15, 0.2) is 12.0 Å². The van der Waals surface area contributed by atoms with Crippen LogP contribution in [-0.4, -0.2) is 16.2 Å². The molecule has 1 aliphatic carbocycles. The van der Waals surface area contributed by atoms with Crippen LogP contribution in [0.15, 0.2) is 4.52 Å². The van der Waals surface area contributed by atoms with Crippen LogP contribution >= 0.6 is 0 Å². The van der Waals surface area contributed by atoms with Crippen molar-refractivity contribution >= 4 is 0 Å². The van der Waals surface area contributed by atoms with E-state index >= 15 is 0 Å². The van der Waals surface area contributed by atoms with Gasteiger partial charge in [0, 0.05) is 6.04 Å². The average Bonchev–Trinajstić information content (AvgIpc) is 2.59. The molecule has 2 rings (SSSR count). The smallest absolute Gasteiger partial charge is 0.260 e. The Morgan fingerprint density at radius 1 is 1.38 bits per heavy atom. The largest absolute Gasteiger partial charge is 0.336 e. The van der Waals surface area contributed by atoms with Crippen LogP contribution in [0.5, 0.6) is 0 Å². The summed E-state index contributed by atoms with van der Waals surface area (Å²) in [5.74, 6) is 0.679. The van der Waals surface area contributed by atoms with Crippen molar-refractivity contribution in [3.63, 3.8) is 0 Å². The molecule has 1 aromatic rings. The van der Waals surface area contributed by atoms with Gasteiger partial charge >= 0.3 is 0 Å². The van der Waals surface area contributed by atoms with E-state index in [2.05, 4.69) is 29.3 Å². The highest BCUT2D eigenvalue weighted by molar-refractivity contribution is 5.11. The predicted molar refractivity (Wildman–Crippen MR) is 57.6 cm³/mol. The Morgan fingerprint density at radius 3 is 2.44 bits per heavy atom. The number of alkyl halides is 1. The van der Waals surface area contributed by atoms with Crippen LogP contribution < -0.4 is 5.32 Å². The summed E-state index contributed by atoms with van der Waals surface area (Å²) in [5, 5.41) is 7.35. The van der Waals surface area contributed by atoms with E-state index < -0.39 is 6.17 Å². The van der Waals surface area contributed by atoms with Crippen LogP contribution in [0.25, 0.3) is 0 Å². The second-order valence-electron chi connectivity index (χ2n) is 4.81. The molecule has 1 heterocycles. The third-order valence-electron chi connectivity index (χ3n) is 2.98. The number of nitrogens with zero attached hydrogens (tertiary/aromatic N) is 2. The zero-order valence-corrected chi connectivity index (χ0v) is 9.96. The molecule has 0 radical (unpaired) electrons. The monoisotopic (exact) mass is 227 g/mol. The van der Waals surface area contributed by atoms with Crippen molar-refractivity contribution in [1.29, 1.82) is 0 Å². The van der Waals surface area contributed by atoms with Gasteiger partial charge in [-0.05, 0) is 40.0 Å². The standard InChI is InChI=1S/C11H18FN3O/c1-7(2)14-11(5-4-6-11)10-13-9(8(3)12)16-15-10/h7-8,14H,4-6H2,1-3H3. The predicted octanol–water partition coefficient (Wildman–Crippen LogP) is 2.48. The van der Waals surface area contributed by atoms with Crippen LogP contribution in [0.3, 0.4) is 0 Å². The zero-order valence-electron chi connectivity index (χ0n) is 9.96. The molecule has 0 saturated heterocycles. The summed E-state index contributed by atoms with van der Waals surface area (Å²) >= 11 is 0. The lowest BCUT2D eigenvalue weighted by Gasteiger charge is -2.41. The fourth-order valence-corrected chi connectivity index (χ4v) is 2.11. The van der Waals surface area contributed by atoms with Crippen LogP contribution in [0.2, 0.25) is 0 Å². The number of halogens is 1. The maximum absolute atomic E-state index is 13.0. The van der Waals surface area contributed by atoms with Crippen molar-refractivity contribution in [1.82, 2.24) is 15.5 Å². The van der Waals surface area contributed by atoms with E-state index in [-0.39, 0.29) is 11.4 Å². The molecule has 1 N–H and O–H groups in total. The molecule has 0 aromatic carbocycles. The van der Waals surface area contributed by atoms with Gasteiger partial charge < -0.3 is 9.84 Å². The van der Waals surface area contributed by atoms with Crippen molar-refractivity contribution in [3.05, 3.63) is 11.7 Å². The highest BCUT2D eigenvalue weighted by atomic mass is 19.1. The van der Waals surface area contributed by atoms with E-state index in [9.17, 15) is 4.39 Å². The van der Waals surface area contributed by atoms with Crippen LogP contribution in [0.4, 0.5) is 4.39 Å². The third kappa shape index (κ3) is 1.96. The number of hydrogen-bond donors (Lipinski definition) is 1. The van der Waals surface area contributed by atoms with Crippen molar-refractivity contribution in [3.8, 4) is 0 Å². The molecule has 1 atom stereocenters. The first-order chi connectivity index (χ1) is 7.53. The molecule has 1 unspecified atom stereocenters. The van der Waals surface area contributed by atoms with E-state index in [0.717, 1.165) is 19.3 Å². The van der Waals surface area contributed by atoms with Crippen molar-refractivity contribution in [2.45, 2.75) is 57.8 Å². The first kappa shape index (κ1) is 11.5. The number of hydrogen-bond acceptors (Lipinski definition) is 4. The topological polar surface area (TPSA) is 51.0 Å². The first-order valence-electron chi connectivity index (χ1n) is 5.79. The fraction of sp³-hybridized carbons (Fsp3) is 0.818. The lowest BCUT2D eigenvalue weighted by Crippen LogP contribution is -2.51. The molecule has 0 aliphatic heterocycles. The molecule has 0 amide bonds. The van der Waals surface area contributed by atoms with Gasteiger partial charge in [0.05, 0.1) is 5.54 Å². The van der Waals surface area contributed by atoms with Gasteiger partial charge in [0.2, 0.25) is 0 Å². The Bertz CT molecular complexity index is 358. The Labute approximate surface area is 94.6 Å². The summed E-state index contributed by atoms with van der Waals surface area (Å²) in [6.07, 6.45) is 1.93. The van der Waals surface area contributed by atoms with Gasteiger partial charge in [-0.1, -0.05) is 5.16 Å². The van der Waals surface area contributed by atoms with Gasteiger partial charge in [0.1, 0.15) is 0 Å². The molecule has 1 aromatic heterocycles. The minimum absolute atomic E-state index is 0.0758. The molecule has 1 aliphatic rings. The van der Waals surface area contributed by atoms with E-state index in [4.69, 9.17) is 4.52 Å². The molecule has 5 heteroatoms. The van der Waals surface area contributed by atoms with E-state index in [1.807, 2.05) is 0 Å². The molecular formula is C11H18FN3O. The SMILES string of the molecule is CC(C)NC1(c2noc(C(C)F)n2)CCC1. The maximum atomic E-state index is 13.0. The summed E-state index contributed by atoms with van der Waals surface area (Å²) in [6.45, 7) is 5.57. The van der Waals surface area contributed by atoms with E-state index in [1.54, 1.807) is 0 Å². The Morgan fingerprint density at radius 2 is 2.06 bits per heavy atom. The summed E-state index contributed by atoms with van der Waals surface area (Å²) in [5.41, 5.74) is -0.190. The molecule has 1 fully saturated rings. The Hall–Kier alpha value is -0.970. The maximum Gasteiger partial charge on any atom is 0.260 e. The van der Waals surface area contributed by atoms with Crippen molar-refractivity contribution in [2.24, 2.45) is 0 Å². The highest BCUT2D eigenvalue weighted by Crippen LogP contribution is 2.40. The second kappa shape index (κ2) is 4.13. The first-order valence-corrected chi connectivity index (χ1v) is 5.79. The van der Waals surface area contributed by atoms with E-state index in [1.165, 1.54) is 6.92 Å². The molecule has 0 spiro atoms. The minimum atomic E-state index is -1.20. The summed E-state index contributed by atoms with van der Waals surface area (Å²) < 4.78 is 17.9. The number of rotatable bonds is 4. The van der Waals surface area contributed by atoms with Gasteiger partial charge in [-0.25, -0.2) is 4.39 Å². The van der Waals surface area contributed by atoms with Crippen molar-refractivity contribution < 1.29 is 8.91 Å². The zero-order chi connectivity index (χ0) is 11.8. The van der Waals surface area contributed by atoms with Crippen LogP contribution in [0.1, 0.15) is 57.9 Å². The molecule has 90 valence electrons. The molecule has 16 heavy (non-hydrogen) atoms. The van der Waals surface area contributed by atoms with E-state index in [0.29, 0.717) is 11.9 Å². The molecule has 1 saturated carbocycles. The Kier molecular flexibility index (Phi) is 2.97. The lowest BCUT2D eigenvalue weighted by molar-refractivity contribution is 0.154. The van der Waals surface area contributed by atoms with Crippen LogP contribution in [-0.2, 0) is 5.54 Å². The van der Waals surface area contributed by atoms with Gasteiger partial charge in [0.25, 0.3) is 5.89 Å². The van der Waals surface area contributed by atoms with Crippen LogP contribution in [0, 0.1) is 0 Å². The third-order valence-corrected chi connectivity index (χ3v) is 2.98. The molecule has 0 bridgehead atoms. The number of nitrogens with one attached hydrogen (secondary N) is 1. The summed E-state index contributed by atoms with van der Waals surface area (Å²) in [4.78, 5) is 4.14. The average molecular weight is 227 g/mol. The molecule has 4 nitrogen and oxygen atoms in total. The quantitative estimate of drug-likeness (QED) is 0.858. The molecular weight excluding hydrogens is 209 g/mol. The lowest BCUT2D eigenvalue weighted by atomic mass is 9.75. The van der Waals surface area contributed by atoms with Crippen molar-refractivity contribution in [2.75, 3.05) is 0 Å². The highest BCUT2D eigenvalue weighted by Gasteiger charge is 2.43. The van der Waals surface area contributed by atoms with Gasteiger partial charge in [-0.2, -0.15) is 4.98 Å².